The number of hydrogen-bond acceptors (Lipinski definition) is 3. The normalized spacial score (nSPS) is 22.1. The van der Waals surface area contributed by atoms with Crippen LogP contribution in [0, 0.1) is 0 Å². The second-order valence-corrected chi connectivity index (χ2v) is 6.49. The van der Waals surface area contributed by atoms with Gasteiger partial charge in [-0.25, -0.2) is 0 Å². The van der Waals surface area contributed by atoms with Gasteiger partial charge in [-0.05, 0) is 43.2 Å². The van der Waals surface area contributed by atoms with Crippen LogP contribution in [0.15, 0.2) is 64.0 Å². The predicted molar refractivity (Wildman–Crippen MR) is 98.8 cm³/mol. The molecule has 0 bridgehead atoms. The summed E-state index contributed by atoms with van der Waals surface area (Å²) in [6.45, 7) is 14.0. The summed E-state index contributed by atoms with van der Waals surface area (Å²) in [7, 11) is 1.77. The SMILES string of the molecule is C=C1C=C(OC2CCN(C(=C)/C(C)=C(\C)Cl)CC2)C=CC1=NC. The van der Waals surface area contributed by atoms with Gasteiger partial charge in [-0.3, -0.25) is 4.99 Å². The number of nitrogens with zero attached hydrogens (tertiary/aromatic N) is 2. The van der Waals surface area contributed by atoms with Crippen LogP contribution in [0.3, 0.4) is 0 Å². The topological polar surface area (TPSA) is 24.8 Å². The molecule has 0 amide bonds. The Morgan fingerprint density at radius 2 is 1.96 bits per heavy atom. The van der Waals surface area contributed by atoms with E-state index in [1.165, 1.54) is 0 Å². The zero-order valence-corrected chi connectivity index (χ0v) is 15.0. The van der Waals surface area contributed by atoms with Crippen LogP contribution in [-0.4, -0.2) is 36.9 Å². The summed E-state index contributed by atoms with van der Waals surface area (Å²) in [5.41, 5.74) is 3.88. The molecule has 1 aliphatic heterocycles. The van der Waals surface area contributed by atoms with Gasteiger partial charge in [-0.2, -0.15) is 0 Å². The van der Waals surface area contributed by atoms with Crippen LogP contribution in [0.1, 0.15) is 26.7 Å². The van der Waals surface area contributed by atoms with E-state index < -0.39 is 0 Å². The van der Waals surface area contributed by atoms with Crippen LogP contribution >= 0.6 is 11.6 Å². The highest BCUT2D eigenvalue weighted by atomic mass is 35.5. The fraction of sp³-hybridized carbons (Fsp3) is 0.421. The molecule has 0 aromatic heterocycles. The molecule has 23 heavy (non-hydrogen) atoms. The lowest BCUT2D eigenvalue weighted by atomic mass is 10.0. The summed E-state index contributed by atoms with van der Waals surface area (Å²) in [5, 5.41) is 0.803. The largest absolute Gasteiger partial charge is 0.490 e. The Labute approximate surface area is 144 Å². The fourth-order valence-corrected chi connectivity index (χ4v) is 2.83. The number of likely N-dealkylation sites (tertiary alicyclic amines) is 1. The molecule has 0 aromatic carbocycles. The molecular weight excluding hydrogens is 308 g/mol. The Morgan fingerprint density at radius 3 is 2.48 bits per heavy atom. The average Bonchev–Trinajstić information content (AvgIpc) is 2.54. The Kier molecular flexibility index (Phi) is 5.89. The molecule has 1 aliphatic carbocycles. The molecule has 1 saturated heterocycles. The van der Waals surface area contributed by atoms with Crippen molar-refractivity contribution < 1.29 is 4.74 Å². The van der Waals surface area contributed by atoms with Crippen molar-refractivity contribution in [3.05, 3.63) is 59.0 Å². The molecule has 0 atom stereocenters. The smallest absolute Gasteiger partial charge is 0.120 e. The predicted octanol–water partition coefficient (Wildman–Crippen LogP) is 4.59. The third-order valence-electron chi connectivity index (χ3n) is 4.37. The van der Waals surface area contributed by atoms with Gasteiger partial charge in [0, 0.05) is 43.7 Å². The molecule has 0 N–H and O–H groups in total. The number of rotatable bonds is 4. The molecule has 3 nitrogen and oxygen atoms in total. The van der Waals surface area contributed by atoms with E-state index in [1.54, 1.807) is 7.05 Å². The number of allylic oxidation sites excluding steroid dienone is 6. The van der Waals surface area contributed by atoms with Gasteiger partial charge >= 0.3 is 0 Å². The van der Waals surface area contributed by atoms with Crippen LogP contribution in [0.2, 0.25) is 0 Å². The maximum absolute atomic E-state index is 6.10. The van der Waals surface area contributed by atoms with E-state index in [-0.39, 0.29) is 6.10 Å². The molecular formula is C19H25ClN2O. The first kappa shape index (κ1) is 17.6. The summed E-state index contributed by atoms with van der Waals surface area (Å²) in [5.74, 6) is 0.868. The number of ether oxygens (including phenoxy) is 1. The summed E-state index contributed by atoms with van der Waals surface area (Å²) in [6.07, 6.45) is 8.04. The van der Waals surface area contributed by atoms with Crippen molar-refractivity contribution in [3.8, 4) is 0 Å². The molecule has 0 unspecified atom stereocenters. The molecule has 0 spiro atoms. The fourth-order valence-electron chi connectivity index (χ4n) is 2.73. The van der Waals surface area contributed by atoms with Crippen molar-refractivity contribution in [1.82, 2.24) is 4.90 Å². The molecule has 0 saturated carbocycles. The summed E-state index contributed by atoms with van der Waals surface area (Å²) in [4.78, 5) is 6.45. The van der Waals surface area contributed by atoms with E-state index in [1.807, 2.05) is 32.1 Å². The molecule has 4 heteroatoms. The zero-order valence-electron chi connectivity index (χ0n) is 14.2. The zero-order chi connectivity index (χ0) is 17.0. The first-order valence-corrected chi connectivity index (χ1v) is 8.30. The van der Waals surface area contributed by atoms with Crippen molar-refractivity contribution >= 4 is 17.3 Å². The van der Waals surface area contributed by atoms with E-state index in [4.69, 9.17) is 16.3 Å². The number of aliphatic imine (C=N–C) groups is 1. The van der Waals surface area contributed by atoms with Gasteiger partial charge in [0.25, 0.3) is 0 Å². The second kappa shape index (κ2) is 7.69. The minimum absolute atomic E-state index is 0.226. The average molecular weight is 333 g/mol. The van der Waals surface area contributed by atoms with Gasteiger partial charge in [0.1, 0.15) is 11.9 Å². The van der Waals surface area contributed by atoms with Crippen LogP contribution in [0.25, 0.3) is 0 Å². The summed E-state index contributed by atoms with van der Waals surface area (Å²) >= 11 is 6.07. The maximum Gasteiger partial charge on any atom is 0.120 e. The Hall–Kier alpha value is -1.74. The first-order chi connectivity index (χ1) is 10.9. The lowest BCUT2D eigenvalue weighted by Gasteiger charge is -2.35. The molecule has 1 heterocycles. The number of piperidine rings is 1. The van der Waals surface area contributed by atoms with E-state index in [2.05, 4.69) is 23.1 Å². The van der Waals surface area contributed by atoms with Crippen LogP contribution < -0.4 is 0 Å². The Bertz CT molecular complexity index is 613. The van der Waals surface area contributed by atoms with Crippen molar-refractivity contribution in [2.24, 2.45) is 4.99 Å². The Morgan fingerprint density at radius 1 is 1.30 bits per heavy atom. The maximum atomic E-state index is 6.10. The van der Waals surface area contributed by atoms with Crippen molar-refractivity contribution in [2.75, 3.05) is 20.1 Å². The highest BCUT2D eigenvalue weighted by molar-refractivity contribution is 6.29. The van der Waals surface area contributed by atoms with Crippen LogP contribution in [0.5, 0.6) is 0 Å². The standard InChI is InChI=1S/C19H25ClN2O/c1-13-12-18(6-7-19(13)21-5)23-17-8-10-22(11-9-17)16(4)14(2)15(3)20/h6-7,12,17H,1,4,8-11H2,2-3,5H3/b15-14+,21-19?. The first-order valence-electron chi connectivity index (χ1n) is 7.92. The third-order valence-corrected chi connectivity index (χ3v) is 4.65. The lowest BCUT2D eigenvalue weighted by molar-refractivity contribution is 0.0670. The van der Waals surface area contributed by atoms with Crippen molar-refractivity contribution in [2.45, 2.75) is 32.8 Å². The lowest BCUT2D eigenvalue weighted by Crippen LogP contribution is -2.36. The second-order valence-electron chi connectivity index (χ2n) is 5.92. The molecule has 0 radical (unpaired) electrons. The minimum Gasteiger partial charge on any atom is -0.490 e. The van der Waals surface area contributed by atoms with E-state index in [9.17, 15) is 0 Å². The monoisotopic (exact) mass is 332 g/mol. The van der Waals surface area contributed by atoms with Gasteiger partial charge in [-0.1, -0.05) is 24.8 Å². The third kappa shape index (κ3) is 4.38. The van der Waals surface area contributed by atoms with Gasteiger partial charge in [0.05, 0.1) is 5.71 Å². The molecule has 0 aromatic rings. The highest BCUT2D eigenvalue weighted by Gasteiger charge is 2.23. The van der Waals surface area contributed by atoms with Gasteiger partial charge in [0.2, 0.25) is 0 Å². The van der Waals surface area contributed by atoms with Gasteiger partial charge in [0.15, 0.2) is 0 Å². The quantitative estimate of drug-likeness (QED) is 0.703. The number of hydrogen-bond donors (Lipinski definition) is 0. The van der Waals surface area contributed by atoms with Crippen LogP contribution in [-0.2, 0) is 4.74 Å². The minimum atomic E-state index is 0.226. The molecule has 124 valence electrons. The van der Waals surface area contributed by atoms with Gasteiger partial charge in [-0.15, -0.1) is 0 Å². The Balaban J connectivity index is 1.89. The summed E-state index contributed by atoms with van der Waals surface area (Å²) < 4.78 is 6.10. The van der Waals surface area contributed by atoms with E-state index in [0.29, 0.717) is 0 Å². The molecule has 2 aliphatic rings. The summed E-state index contributed by atoms with van der Waals surface area (Å²) in [6, 6.07) is 0. The van der Waals surface area contributed by atoms with Crippen LogP contribution in [0.4, 0.5) is 0 Å². The van der Waals surface area contributed by atoms with E-state index >= 15 is 0 Å². The molecule has 2 rings (SSSR count). The van der Waals surface area contributed by atoms with Gasteiger partial charge < -0.3 is 9.64 Å². The highest BCUT2D eigenvalue weighted by Crippen LogP contribution is 2.26. The molecule has 1 fully saturated rings. The van der Waals surface area contributed by atoms with E-state index in [0.717, 1.165) is 59.3 Å². The van der Waals surface area contributed by atoms with Crippen molar-refractivity contribution in [1.29, 1.82) is 0 Å². The van der Waals surface area contributed by atoms with Crippen molar-refractivity contribution in [3.63, 3.8) is 0 Å². The number of halogens is 1.